The van der Waals surface area contributed by atoms with Gasteiger partial charge in [-0.25, -0.2) is 4.98 Å². The molecule has 96 valence electrons. The maximum atomic E-state index is 9.96. The summed E-state index contributed by atoms with van der Waals surface area (Å²) in [5.74, 6) is 1.55. The molecule has 0 amide bonds. The summed E-state index contributed by atoms with van der Waals surface area (Å²) in [4.78, 5) is 5.31. The second-order valence-corrected chi connectivity index (χ2v) is 5.61. The molecular weight excluding hydrogens is 268 g/mol. The van der Waals surface area contributed by atoms with E-state index in [4.69, 9.17) is 11.6 Å². The number of aliphatic hydroxyl groups is 1. The Hall–Kier alpha value is -0.970. The first-order valence-corrected chi connectivity index (χ1v) is 7.04. The van der Waals surface area contributed by atoms with Crippen LogP contribution in [-0.4, -0.2) is 26.5 Å². The molecule has 0 saturated carbocycles. The van der Waals surface area contributed by atoms with Gasteiger partial charge in [0, 0.05) is 41.5 Å². The highest BCUT2D eigenvalue weighted by atomic mass is 35.5. The molecule has 2 aromatic rings. The van der Waals surface area contributed by atoms with Gasteiger partial charge in [-0.3, -0.25) is 0 Å². The molecule has 1 heterocycles. The molecule has 0 aliphatic carbocycles. The lowest BCUT2D eigenvalue weighted by Gasteiger charge is -2.10. The molecule has 18 heavy (non-hydrogen) atoms. The van der Waals surface area contributed by atoms with Crippen LogP contribution in [-0.2, 0) is 13.5 Å². The number of thioether (sulfide) groups is 1. The molecule has 2 rings (SSSR count). The maximum Gasteiger partial charge on any atom is 0.110 e. The van der Waals surface area contributed by atoms with Crippen molar-refractivity contribution in [2.45, 2.75) is 17.4 Å². The van der Waals surface area contributed by atoms with Crippen molar-refractivity contribution < 1.29 is 5.11 Å². The number of aryl methyl sites for hydroxylation is 1. The molecule has 0 fully saturated rings. The zero-order chi connectivity index (χ0) is 13.0. The topological polar surface area (TPSA) is 38.0 Å². The molecular formula is C13H15ClN2OS. The minimum Gasteiger partial charge on any atom is -0.392 e. The van der Waals surface area contributed by atoms with Gasteiger partial charge in [0.25, 0.3) is 0 Å². The zero-order valence-corrected chi connectivity index (χ0v) is 11.7. The average Bonchev–Trinajstić information content (AvgIpc) is 2.74. The standard InChI is InChI=1S/C13H15ClN2OS/c1-16-7-6-15-13(16)8-11(17)9-18-12-4-2-10(14)3-5-12/h2-7,11,17H,8-9H2,1H3. The second kappa shape index (κ2) is 6.27. The Balaban J connectivity index is 1.83. The van der Waals surface area contributed by atoms with E-state index in [-0.39, 0.29) is 0 Å². The van der Waals surface area contributed by atoms with Gasteiger partial charge in [-0.1, -0.05) is 11.6 Å². The molecule has 0 aliphatic heterocycles. The van der Waals surface area contributed by atoms with E-state index in [0.717, 1.165) is 15.7 Å². The van der Waals surface area contributed by atoms with Crippen LogP contribution in [0.25, 0.3) is 0 Å². The largest absolute Gasteiger partial charge is 0.392 e. The van der Waals surface area contributed by atoms with Crippen LogP contribution in [0.5, 0.6) is 0 Å². The van der Waals surface area contributed by atoms with Crippen LogP contribution < -0.4 is 0 Å². The lowest BCUT2D eigenvalue weighted by Crippen LogP contribution is -2.16. The van der Waals surface area contributed by atoms with Crippen LogP contribution in [0.3, 0.4) is 0 Å². The molecule has 3 nitrogen and oxygen atoms in total. The van der Waals surface area contributed by atoms with Crippen molar-refractivity contribution >= 4 is 23.4 Å². The van der Waals surface area contributed by atoms with Crippen LogP contribution in [0.1, 0.15) is 5.82 Å². The Bertz CT molecular complexity index is 498. The average molecular weight is 283 g/mol. The number of halogens is 1. The summed E-state index contributed by atoms with van der Waals surface area (Å²) < 4.78 is 1.93. The third-order valence-electron chi connectivity index (χ3n) is 2.60. The fourth-order valence-corrected chi connectivity index (χ4v) is 2.54. The fraction of sp³-hybridized carbons (Fsp3) is 0.308. The van der Waals surface area contributed by atoms with Gasteiger partial charge in [-0.2, -0.15) is 0 Å². The number of imidazole rings is 1. The second-order valence-electron chi connectivity index (χ2n) is 4.08. The number of hydrogen-bond acceptors (Lipinski definition) is 3. The first-order valence-electron chi connectivity index (χ1n) is 5.68. The minimum absolute atomic E-state index is 0.397. The molecule has 0 radical (unpaired) electrons. The SMILES string of the molecule is Cn1ccnc1CC(O)CSc1ccc(Cl)cc1. The Morgan fingerprint density at radius 2 is 2.11 bits per heavy atom. The van der Waals surface area contributed by atoms with Gasteiger partial charge in [0.05, 0.1) is 6.10 Å². The molecule has 1 N–H and O–H groups in total. The lowest BCUT2D eigenvalue weighted by molar-refractivity contribution is 0.196. The van der Waals surface area contributed by atoms with Crippen LogP contribution in [0.2, 0.25) is 5.02 Å². The quantitative estimate of drug-likeness (QED) is 0.857. The van der Waals surface area contributed by atoms with E-state index in [1.165, 1.54) is 0 Å². The first-order chi connectivity index (χ1) is 8.65. The maximum absolute atomic E-state index is 9.96. The van der Waals surface area contributed by atoms with Crippen molar-refractivity contribution in [3.8, 4) is 0 Å². The highest BCUT2D eigenvalue weighted by Gasteiger charge is 2.09. The normalized spacial score (nSPS) is 12.6. The molecule has 1 atom stereocenters. The first kappa shape index (κ1) is 13.5. The van der Waals surface area contributed by atoms with E-state index in [1.54, 1.807) is 18.0 Å². The number of nitrogens with zero attached hydrogens (tertiary/aromatic N) is 2. The van der Waals surface area contributed by atoms with Crippen LogP contribution in [0.4, 0.5) is 0 Å². The summed E-state index contributed by atoms with van der Waals surface area (Å²) in [7, 11) is 1.93. The van der Waals surface area contributed by atoms with Gasteiger partial charge in [0.1, 0.15) is 5.82 Å². The predicted molar refractivity (Wildman–Crippen MR) is 75.1 cm³/mol. The summed E-state index contributed by atoms with van der Waals surface area (Å²) in [5.41, 5.74) is 0. The number of aliphatic hydroxyl groups excluding tert-OH is 1. The van der Waals surface area contributed by atoms with E-state index in [2.05, 4.69) is 4.98 Å². The molecule has 1 unspecified atom stereocenters. The van der Waals surface area contributed by atoms with Crippen LogP contribution in [0, 0.1) is 0 Å². The smallest absolute Gasteiger partial charge is 0.110 e. The van der Waals surface area contributed by atoms with E-state index in [9.17, 15) is 5.11 Å². The Morgan fingerprint density at radius 1 is 1.39 bits per heavy atom. The Morgan fingerprint density at radius 3 is 2.72 bits per heavy atom. The van der Waals surface area contributed by atoms with Crippen molar-refractivity contribution in [3.05, 3.63) is 47.5 Å². The monoisotopic (exact) mass is 282 g/mol. The molecule has 5 heteroatoms. The van der Waals surface area contributed by atoms with Crippen molar-refractivity contribution in [3.63, 3.8) is 0 Å². The summed E-state index contributed by atoms with van der Waals surface area (Å²) in [5, 5.41) is 10.7. The van der Waals surface area contributed by atoms with Gasteiger partial charge in [-0.05, 0) is 24.3 Å². The number of hydrogen-bond donors (Lipinski definition) is 1. The fourth-order valence-electron chi connectivity index (χ4n) is 1.59. The number of aromatic nitrogens is 2. The summed E-state index contributed by atoms with van der Waals surface area (Å²) in [6.45, 7) is 0. The van der Waals surface area contributed by atoms with Gasteiger partial charge in [-0.15, -0.1) is 11.8 Å². The number of rotatable bonds is 5. The molecule has 1 aromatic carbocycles. The minimum atomic E-state index is -0.397. The van der Waals surface area contributed by atoms with Crippen LogP contribution >= 0.6 is 23.4 Å². The van der Waals surface area contributed by atoms with E-state index in [0.29, 0.717) is 12.2 Å². The van der Waals surface area contributed by atoms with Gasteiger partial charge >= 0.3 is 0 Å². The van der Waals surface area contributed by atoms with Crippen molar-refractivity contribution in [1.82, 2.24) is 9.55 Å². The Labute approximate surface area is 116 Å². The molecule has 1 aromatic heterocycles. The summed E-state index contributed by atoms with van der Waals surface area (Å²) in [6.07, 6.45) is 3.80. The zero-order valence-electron chi connectivity index (χ0n) is 10.1. The number of benzene rings is 1. The van der Waals surface area contributed by atoms with E-state index in [1.807, 2.05) is 42.1 Å². The Kier molecular flexibility index (Phi) is 4.69. The predicted octanol–water partition coefficient (Wildman–Crippen LogP) is 2.77. The van der Waals surface area contributed by atoms with Crippen molar-refractivity contribution in [1.29, 1.82) is 0 Å². The summed E-state index contributed by atoms with van der Waals surface area (Å²) in [6, 6.07) is 7.63. The molecule has 0 bridgehead atoms. The highest BCUT2D eigenvalue weighted by Crippen LogP contribution is 2.21. The molecule has 0 spiro atoms. The lowest BCUT2D eigenvalue weighted by atomic mass is 10.3. The van der Waals surface area contributed by atoms with Gasteiger partial charge in [0.2, 0.25) is 0 Å². The summed E-state index contributed by atoms with van der Waals surface area (Å²) >= 11 is 7.44. The third-order valence-corrected chi connectivity index (χ3v) is 4.00. The van der Waals surface area contributed by atoms with Crippen LogP contribution in [0.15, 0.2) is 41.6 Å². The third kappa shape index (κ3) is 3.77. The molecule has 0 aliphatic rings. The van der Waals surface area contributed by atoms with E-state index >= 15 is 0 Å². The van der Waals surface area contributed by atoms with Crippen molar-refractivity contribution in [2.24, 2.45) is 7.05 Å². The van der Waals surface area contributed by atoms with Crippen molar-refractivity contribution in [2.75, 3.05) is 5.75 Å². The van der Waals surface area contributed by atoms with Gasteiger partial charge < -0.3 is 9.67 Å². The highest BCUT2D eigenvalue weighted by molar-refractivity contribution is 7.99. The van der Waals surface area contributed by atoms with E-state index < -0.39 is 6.10 Å². The molecule has 0 saturated heterocycles. The van der Waals surface area contributed by atoms with Gasteiger partial charge in [0.15, 0.2) is 0 Å².